The molecule has 66 valence electrons. The molecule has 2 rings (SSSR count). The third-order valence-electron chi connectivity index (χ3n) is 2.05. The van der Waals surface area contributed by atoms with Crippen LogP contribution in [0.15, 0.2) is 35.3 Å². The third kappa shape index (κ3) is 1.28. The lowest BCUT2D eigenvalue weighted by atomic mass is 10.1. The molecule has 0 fully saturated rings. The van der Waals surface area contributed by atoms with Crippen molar-refractivity contribution in [3.8, 4) is 0 Å². The maximum Gasteiger partial charge on any atom is 0.252 e. The number of nitrogens with one attached hydrogen (secondary N) is 1. The summed E-state index contributed by atoms with van der Waals surface area (Å²) in [6, 6.07) is 1.70. The zero-order valence-corrected chi connectivity index (χ0v) is 6.95. The molecule has 13 heavy (non-hydrogen) atoms. The number of aromatic amines is 1. The highest BCUT2D eigenvalue weighted by molar-refractivity contribution is 5.64. The Morgan fingerprint density at radius 2 is 2.31 bits per heavy atom. The van der Waals surface area contributed by atoms with Gasteiger partial charge in [-0.2, -0.15) is 0 Å². The van der Waals surface area contributed by atoms with Crippen LogP contribution in [-0.4, -0.2) is 10.1 Å². The molecule has 0 saturated carbocycles. The molecule has 1 aliphatic carbocycles. The number of aliphatic hydroxyl groups excluding tert-OH is 1. The lowest BCUT2D eigenvalue weighted by molar-refractivity contribution is 0.511. The van der Waals surface area contributed by atoms with Gasteiger partial charge < -0.3 is 10.1 Å². The predicted molar refractivity (Wildman–Crippen MR) is 50.5 cm³/mol. The lowest BCUT2D eigenvalue weighted by Gasteiger charge is -2.02. The molecule has 0 radical (unpaired) electrons. The molecule has 3 heteroatoms. The smallest absolute Gasteiger partial charge is 0.252 e. The number of rotatable bonds is 0. The SMILES string of the molecule is O=c1[nH]ccc2c1CC=CC=C2O. The summed E-state index contributed by atoms with van der Waals surface area (Å²) in [5, 5.41) is 9.52. The van der Waals surface area contributed by atoms with Crippen LogP contribution in [-0.2, 0) is 6.42 Å². The van der Waals surface area contributed by atoms with E-state index in [4.69, 9.17) is 0 Å². The molecule has 0 aromatic carbocycles. The number of hydrogen-bond donors (Lipinski definition) is 2. The van der Waals surface area contributed by atoms with E-state index in [1.54, 1.807) is 18.2 Å². The summed E-state index contributed by atoms with van der Waals surface area (Å²) < 4.78 is 0. The normalized spacial score (nSPS) is 14.6. The molecule has 2 N–H and O–H groups in total. The van der Waals surface area contributed by atoms with Crippen LogP contribution in [0.5, 0.6) is 0 Å². The fourth-order valence-electron chi connectivity index (χ4n) is 1.39. The first kappa shape index (κ1) is 7.86. The second-order valence-corrected chi connectivity index (χ2v) is 2.88. The number of pyridine rings is 1. The summed E-state index contributed by atoms with van der Waals surface area (Å²) in [6.45, 7) is 0. The molecule has 0 atom stereocenters. The Morgan fingerprint density at radius 3 is 3.15 bits per heavy atom. The fraction of sp³-hybridized carbons (Fsp3) is 0.100. The van der Waals surface area contributed by atoms with Gasteiger partial charge in [-0.3, -0.25) is 4.79 Å². The number of fused-ring (bicyclic) bond motifs is 1. The molecule has 3 nitrogen and oxygen atoms in total. The molecular weight excluding hydrogens is 166 g/mol. The largest absolute Gasteiger partial charge is 0.507 e. The van der Waals surface area contributed by atoms with E-state index in [9.17, 15) is 9.90 Å². The maximum atomic E-state index is 11.3. The van der Waals surface area contributed by atoms with Crippen LogP contribution in [0, 0.1) is 0 Å². The standard InChI is InChI=1S/C10H9NO2/c12-9-4-2-1-3-8-7(9)5-6-11-10(8)13/h1-2,4-6,12H,3H2,(H,11,13). The summed E-state index contributed by atoms with van der Waals surface area (Å²) in [5.41, 5.74) is 1.10. The molecule has 1 aliphatic rings. The monoisotopic (exact) mass is 175 g/mol. The van der Waals surface area contributed by atoms with E-state index >= 15 is 0 Å². The topological polar surface area (TPSA) is 53.1 Å². The summed E-state index contributed by atoms with van der Waals surface area (Å²) >= 11 is 0. The van der Waals surface area contributed by atoms with Gasteiger partial charge in [0.25, 0.3) is 5.56 Å². The first-order chi connectivity index (χ1) is 6.29. The first-order valence-electron chi connectivity index (χ1n) is 4.06. The van der Waals surface area contributed by atoms with Gasteiger partial charge in [-0.25, -0.2) is 0 Å². The van der Waals surface area contributed by atoms with E-state index in [2.05, 4.69) is 4.98 Å². The van der Waals surface area contributed by atoms with E-state index in [1.165, 1.54) is 6.20 Å². The Hall–Kier alpha value is -1.77. The van der Waals surface area contributed by atoms with E-state index in [0.29, 0.717) is 17.5 Å². The second kappa shape index (κ2) is 2.94. The molecular formula is C10H9NO2. The van der Waals surface area contributed by atoms with Crippen LogP contribution >= 0.6 is 0 Å². The van der Waals surface area contributed by atoms with Gasteiger partial charge in [-0.15, -0.1) is 0 Å². The average Bonchev–Trinajstić information content (AvgIpc) is 2.30. The fourth-order valence-corrected chi connectivity index (χ4v) is 1.39. The minimum absolute atomic E-state index is 0.135. The molecule has 0 aliphatic heterocycles. The van der Waals surface area contributed by atoms with Crippen molar-refractivity contribution in [3.63, 3.8) is 0 Å². The van der Waals surface area contributed by atoms with Gasteiger partial charge in [0.05, 0.1) is 0 Å². The summed E-state index contributed by atoms with van der Waals surface area (Å²) in [5.74, 6) is 0.148. The highest BCUT2D eigenvalue weighted by Crippen LogP contribution is 2.16. The van der Waals surface area contributed by atoms with Gasteiger partial charge in [0.15, 0.2) is 0 Å². The minimum atomic E-state index is -0.135. The second-order valence-electron chi connectivity index (χ2n) is 2.88. The van der Waals surface area contributed by atoms with Crippen LogP contribution in [0.25, 0.3) is 5.76 Å². The number of H-pyrrole nitrogens is 1. The average molecular weight is 175 g/mol. The third-order valence-corrected chi connectivity index (χ3v) is 2.05. The van der Waals surface area contributed by atoms with Gasteiger partial charge >= 0.3 is 0 Å². The molecule has 0 unspecified atom stereocenters. The Kier molecular flexibility index (Phi) is 1.77. The molecule has 1 heterocycles. The highest BCUT2D eigenvalue weighted by atomic mass is 16.3. The van der Waals surface area contributed by atoms with Crippen molar-refractivity contribution in [2.45, 2.75) is 6.42 Å². The van der Waals surface area contributed by atoms with Crippen molar-refractivity contribution in [1.82, 2.24) is 4.98 Å². The van der Waals surface area contributed by atoms with Crippen molar-refractivity contribution in [1.29, 1.82) is 0 Å². The minimum Gasteiger partial charge on any atom is -0.507 e. The Bertz CT molecular complexity index is 440. The van der Waals surface area contributed by atoms with Crippen LogP contribution in [0.3, 0.4) is 0 Å². The molecule has 1 aromatic heterocycles. The maximum absolute atomic E-state index is 11.3. The van der Waals surface area contributed by atoms with Crippen molar-refractivity contribution in [2.24, 2.45) is 0 Å². The van der Waals surface area contributed by atoms with E-state index in [1.807, 2.05) is 6.08 Å². The molecule has 0 amide bonds. The van der Waals surface area contributed by atoms with Crippen LogP contribution in [0.2, 0.25) is 0 Å². The van der Waals surface area contributed by atoms with Crippen LogP contribution in [0.4, 0.5) is 0 Å². The Labute approximate surface area is 75.0 Å². The number of aliphatic hydroxyl groups is 1. The van der Waals surface area contributed by atoms with E-state index in [0.717, 1.165) is 0 Å². The van der Waals surface area contributed by atoms with Gasteiger partial charge in [-0.1, -0.05) is 12.2 Å². The zero-order chi connectivity index (χ0) is 9.26. The van der Waals surface area contributed by atoms with E-state index < -0.39 is 0 Å². The van der Waals surface area contributed by atoms with Gasteiger partial charge in [0, 0.05) is 17.3 Å². The van der Waals surface area contributed by atoms with Gasteiger partial charge in [-0.05, 0) is 18.6 Å². The lowest BCUT2D eigenvalue weighted by Crippen LogP contribution is -2.13. The Morgan fingerprint density at radius 1 is 1.46 bits per heavy atom. The van der Waals surface area contributed by atoms with E-state index in [-0.39, 0.29) is 11.3 Å². The molecule has 0 bridgehead atoms. The molecule has 0 spiro atoms. The van der Waals surface area contributed by atoms with Crippen molar-refractivity contribution in [3.05, 3.63) is 52.0 Å². The molecule has 0 saturated heterocycles. The highest BCUT2D eigenvalue weighted by Gasteiger charge is 2.10. The van der Waals surface area contributed by atoms with Crippen LogP contribution in [0.1, 0.15) is 11.1 Å². The summed E-state index contributed by atoms with van der Waals surface area (Å²) in [4.78, 5) is 13.9. The summed E-state index contributed by atoms with van der Waals surface area (Å²) in [7, 11) is 0. The van der Waals surface area contributed by atoms with Crippen molar-refractivity contribution in [2.75, 3.05) is 0 Å². The van der Waals surface area contributed by atoms with Gasteiger partial charge in [0.2, 0.25) is 0 Å². The number of hydrogen-bond acceptors (Lipinski definition) is 2. The van der Waals surface area contributed by atoms with Crippen molar-refractivity contribution < 1.29 is 5.11 Å². The van der Waals surface area contributed by atoms with Crippen LogP contribution < -0.4 is 5.56 Å². The quantitative estimate of drug-likeness (QED) is 0.626. The number of aromatic nitrogens is 1. The zero-order valence-electron chi connectivity index (χ0n) is 6.95. The van der Waals surface area contributed by atoms with Gasteiger partial charge in [0.1, 0.15) is 5.76 Å². The Balaban J connectivity index is 2.72. The first-order valence-corrected chi connectivity index (χ1v) is 4.06. The number of allylic oxidation sites excluding steroid dienone is 3. The predicted octanol–water partition coefficient (Wildman–Crippen LogP) is 1.39. The summed E-state index contributed by atoms with van der Waals surface area (Å²) in [6.07, 6.45) is 7.28. The molecule has 1 aromatic rings. The van der Waals surface area contributed by atoms with Crippen molar-refractivity contribution >= 4 is 5.76 Å².